The third kappa shape index (κ3) is 0.657. The maximum absolute atomic E-state index is 11.7. The highest BCUT2D eigenvalue weighted by Crippen LogP contribution is 2.48. The SMILES string of the molecule is O=C(O)[C@@H]1CC1(F)F. The molecule has 1 N–H and O–H groups in total. The highest BCUT2D eigenvalue weighted by molar-refractivity contribution is 5.74. The van der Waals surface area contributed by atoms with Crippen molar-refractivity contribution in [1.29, 1.82) is 0 Å². The summed E-state index contributed by atoms with van der Waals surface area (Å²) in [5.41, 5.74) is 0. The molecule has 0 saturated heterocycles. The van der Waals surface area contributed by atoms with Gasteiger partial charge in [-0.2, -0.15) is 0 Å². The maximum Gasteiger partial charge on any atom is 0.312 e. The fourth-order valence-corrected chi connectivity index (χ4v) is 0.481. The Balaban J connectivity index is 2.48. The molecule has 2 nitrogen and oxygen atoms in total. The Hall–Kier alpha value is -0.670. The Kier molecular flexibility index (Phi) is 0.808. The van der Waals surface area contributed by atoms with Crippen LogP contribution in [0.1, 0.15) is 6.42 Å². The first-order valence-electron chi connectivity index (χ1n) is 2.14. The molecule has 1 saturated carbocycles. The quantitative estimate of drug-likeness (QED) is 0.556. The summed E-state index contributed by atoms with van der Waals surface area (Å²) in [7, 11) is 0. The first-order valence-corrected chi connectivity index (χ1v) is 2.14. The van der Waals surface area contributed by atoms with Crippen molar-refractivity contribution in [2.24, 2.45) is 5.92 Å². The zero-order valence-electron chi connectivity index (χ0n) is 3.90. The number of carboxylic acid groups (broad SMARTS) is 1. The van der Waals surface area contributed by atoms with Crippen LogP contribution in [0, 0.1) is 5.92 Å². The number of halogens is 2. The summed E-state index contributed by atoms with van der Waals surface area (Å²) in [6.45, 7) is 0. The summed E-state index contributed by atoms with van der Waals surface area (Å²) in [5, 5.41) is 7.91. The summed E-state index contributed by atoms with van der Waals surface area (Å²) in [5.74, 6) is -5.70. The van der Waals surface area contributed by atoms with E-state index < -0.39 is 24.2 Å². The summed E-state index contributed by atoms with van der Waals surface area (Å²) >= 11 is 0. The lowest BCUT2D eigenvalue weighted by Gasteiger charge is -1.86. The molecule has 1 atom stereocenters. The van der Waals surface area contributed by atoms with Crippen LogP contribution in [-0.4, -0.2) is 17.0 Å². The molecule has 0 unspecified atom stereocenters. The minimum Gasteiger partial charge on any atom is -0.481 e. The maximum atomic E-state index is 11.7. The molecule has 1 fully saturated rings. The lowest BCUT2D eigenvalue weighted by atomic mass is 10.4. The highest BCUT2D eigenvalue weighted by Gasteiger charge is 2.61. The molecule has 0 aromatic rings. The van der Waals surface area contributed by atoms with E-state index >= 15 is 0 Å². The van der Waals surface area contributed by atoms with Crippen molar-refractivity contribution in [2.45, 2.75) is 12.3 Å². The van der Waals surface area contributed by atoms with Gasteiger partial charge in [-0.05, 0) is 0 Å². The second-order valence-corrected chi connectivity index (χ2v) is 1.86. The standard InChI is InChI=1S/C4H4F2O2/c5-4(6)1-2(4)3(7)8/h2H,1H2,(H,7,8)/t2-/m0/s1. The molecule has 1 aliphatic carbocycles. The molecule has 0 aliphatic heterocycles. The first kappa shape index (κ1) is 5.47. The van der Waals surface area contributed by atoms with Crippen molar-refractivity contribution in [3.8, 4) is 0 Å². The average molecular weight is 122 g/mol. The van der Waals surface area contributed by atoms with Crippen LogP contribution in [0.4, 0.5) is 8.78 Å². The molecular formula is C4H4F2O2. The second-order valence-electron chi connectivity index (χ2n) is 1.86. The van der Waals surface area contributed by atoms with Crippen molar-refractivity contribution in [2.75, 3.05) is 0 Å². The second kappa shape index (κ2) is 1.18. The third-order valence-corrected chi connectivity index (χ3v) is 1.12. The number of alkyl halides is 2. The van der Waals surface area contributed by atoms with Crippen molar-refractivity contribution in [3.05, 3.63) is 0 Å². The Morgan fingerprint density at radius 3 is 2.12 bits per heavy atom. The molecule has 46 valence electrons. The van der Waals surface area contributed by atoms with E-state index in [9.17, 15) is 13.6 Å². The number of rotatable bonds is 1. The zero-order valence-corrected chi connectivity index (χ0v) is 3.90. The van der Waals surface area contributed by atoms with Gasteiger partial charge in [-0.15, -0.1) is 0 Å². The predicted octanol–water partition coefficient (Wildman–Crippen LogP) is 0.726. The van der Waals surface area contributed by atoms with Crippen LogP contribution in [0.5, 0.6) is 0 Å². The van der Waals surface area contributed by atoms with Crippen molar-refractivity contribution < 1.29 is 18.7 Å². The molecule has 1 rings (SSSR count). The van der Waals surface area contributed by atoms with Gasteiger partial charge in [0.05, 0.1) is 0 Å². The van der Waals surface area contributed by atoms with E-state index in [4.69, 9.17) is 5.11 Å². The summed E-state index contributed by atoms with van der Waals surface area (Å²) < 4.78 is 23.3. The molecule has 4 heteroatoms. The molecule has 0 radical (unpaired) electrons. The van der Waals surface area contributed by atoms with Crippen LogP contribution in [0.3, 0.4) is 0 Å². The molecular weight excluding hydrogens is 118 g/mol. The van der Waals surface area contributed by atoms with Gasteiger partial charge in [0.15, 0.2) is 0 Å². The molecule has 0 spiro atoms. The van der Waals surface area contributed by atoms with Gasteiger partial charge in [-0.25, -0.2) is 8.78 Å². The third-order valence-electron chi connectivity index (χ3n) is 1.12. The lowest BCUT2D eigenvalue weighted by Crippen LogP contribution is -2.04. The van der Waals surface area contributed by atoms with E-state index in [0.717, 1.165) is 0 Å². The molecule has 1 aliphatic rings. The van der Waals surface area contributed by atoms with Crippen LogP contribution in [0.2, 0.25) is 0 Å². The van der Waals surface area contributed by atoms with E-state index in [1.807, 2.05) is 0 Å². The van der Waals surface area contributed by atoms with Gasteiger partial charge in [0, 0.05) is 6.42 Å². The van der Waals surface area contributed by atoms with E-state index in [0.29, 0.717) is 0 Å². The lowest BCUT2D eigenvalue weighted by molar-refractivity contribution is -0.140. The van der Waals surface area contributed by atoms with Gasteiger partial charge in [-0.3, -0.25) is 4.79 Å². The van der Waals surface area contributed by atoms with Crippen molar-refractivity contribution >= 4 is 5.97 Å². The number of carboxylic acids is 1. The van der Waals surface area contributed by atoms with E-state index in [2.05, 4.69) is 0 Å². The molecule has 0 bridgehead atoms. The van der Waals surface area contributed by atoms with E-state index in [1.54, 1.807) is 0 Å². The van der Waals surface area contributed by atoms with Crippen molar-refractivity contribution in [3.63, 3.8) is 0 Å². The average Bonchev–Trinajstić information content (AvgIpc) is 2.13. The topological polar surface area (TPSA) is 37.3 Å². The molecule has 0 heterocycles. The largest absolute Gasteiger partial charge is 0.481 e. The number of aliphatic carboxylic acids is 1. The molecule has 8 heavy (non-hydrogen) atoms. The number of carbonyl (C=O) groups is 1. The summed E-state index contributed by atoms with van der Waals surface area (Å²) in [4.78, 5) is 9.70. The highest BCUT2D eigenvalue weighted by atomic mass is 19.3. The van der Waals surface area contributed by atoms with E-state index in [1.165, 1.54) is 0 Å². The summed E-state index contributed by atoms with van der Waals surface area (Å²) in [6, 6.07) is 0. The van der Waals surface area contributed by atoms with Crippen LogP contribution in [-0.2, 0) is 4.79 Å². The smallest absolute Gasteiger partial charge is 0.312 e. The minimum absolute atomic E-state index is 0.484. The minimum atomic E-state index is -2.91. The fraction of sp³-hybridized carbons (Fsp3) is 0.750. The number of hydrogen-bond acceptors (Lipinski definition) is 1. The Morgan fingerprint density at radius 2 is 2.12 bits per heavy atom. The summed E-state index contributed by atoms with van der Waals surface area (Å²) in [6.07, 6.45) is -0.484. The number of hydrogen-bond donors (Lipinski definition) is 1. The Bertz CT molecular complexity index is 132. The van der Waals surface area contributed by atoms with Crippen molar-refractivity contribution in [1.82, 2.24) is 0 Å². The van der Waals surface area contributed by atoms with Gasteiger partial charge in [0.2, 0.25) is 0 Å². The van der Waals surface area contributed by atoms with Gasteiger partial charge in [-0.1, -0.05) is 0 Å². The van der Waals surface area contributed by atoms with Crippen LogP contribution in [0.25, 0.3) is 0 Å². The fourth-order valence-electron chi connectivity index (χ4n) is 0.481. The van der Waals surface area contributed by atoms with Crippen LogP contribution >= 0.6 is 0 Å². The van der Waals surface area contributed by atoms with E-state index in [-0.39, 0.29) is 0 Å². The van der Waals surface area contributed by atoms with Gasteiger partial charge >= 0.3 is 5.97 Å². The van der Waals surface area contributed by atoms with Gasteiger partial charge in [0.25, 0.3) is 5.92 Å². The normalized spacial score (nSPS) is 32.0. The van der Waals surface area contributed by atoms with Gasteiger partial charge < -0.3 is 5.11 Å². The first-order chi connectivity index (χ1) is 3.54. The molecule has 0 amide bonds. The van der Waals surface area contributed by atoms with Crippen LogP contribution < -0.4 is 0 Å². The molecule has 0 aromatic heterocycles. The Labute approximate surface area is 44.1 Å². The molecule has 0 aromatic carbocycles. The zero-order chi connectivity index (χ0) is 6.36. The van der Waals surface area contributed by atoms with Crippen LogP contribution in [0.15, 0.2) is 0 Å². The van der Waals surface area contributed by atoms with Gasteiger partial charge in [0.1, 0.15) is 5.92 Å². The monoisotopic (exact) mass is 122 g/mol. The predicted molar refractivity (Wildman–Crippen MR) is 20.7 cm³/mol. The Morgan fingerprint density at radius 1 is 1.75 bits per heavy atom.